The Bertz CT molecular complexity index is 654. The zero-order valence-corrected chi connectivity index (χ0v) is 11.5. The lowest BCUT2D eigenvalue weighted by atomic mass is 10.1. The van der Waals surface area contributed by atoms with E-state index >= 15 is 0 Å². The van der Waals surface area contributed by atoms with Gasteiger partial charge in [0.2, 0.25) is 0 Å². The third kappa shape index (κ3) is 2.33. The molecule has 4 heteroatoms. The molecular weight excluding hydrogens is 252 g/mol. The van der Waals surface area contributed by atoms with E-state index in [9.17, 15) is 9.90 Å². The van der Waals surface area contributed by atoms with Crippen molar-refractivity contribution in [3.05, 3.63) is 35.9 Å². The van der Waals surface area contributed by atoms with Crippen molar-refractivity contribution in [2.75, 3.05) is 5.32 Å². The number of carboxylic acid groups (broad SMARTS) is 1. The second kappa shape index (κ2) is 5.12. The topological polar surface area (TPSA) is 62.2 Å². The quantitative estimate of drug-likeness (QED) is 0.895. The molecule has 1 fully saturated rings. The van der Waals surface area contributed by atoms with Crippen molar-refractivity contribution < 1.29 is 9.90 Å². The van der Waals surface area contributed by atoms with Crippen molar-refractivity contribution in [2.24, 2.45) is 5.92 Å². The van der Waals surface area contributed by atoms with Gasteiger partial charge in [-0.15, -0.1) is 0 Å². The summed E-state index contributed by atoms with van der Waals surface area (Å²) in [4.78, 5) is 15.9. The van der Waals surface area contributed by atoms with Gasteiger partial charge in [0.15, 0.2) is 0 Å². The first-order valence-electron chi connectivity index (χ1n) is 7.05. The number of nitrogens with zero attached hydrogens (tertiary/aromatic N) is 1. The number of aromatic carboxylic acids is 1. The predicted molar refractivity (Wildman–Crippen MR) is 79.1 cm³/mol. The van der Waals surface area contributed by atoms with Crippen LogP contribution in [0.2, 0.25) is 0 Å². The highest BCUT2D eigenvalue weighted by molar-refractivity contribution is 5.98. The highest BCUT2D eigenvalue weighted by Gasteiger charge is 2.25. The standard InChI is InChI=1S/C16H18N2O2/c1-10-5-4-8-13(10)17-15-12(16(19)20)9-11-6-2-3-7-14(11)18-15/h2-3,6-7,9-10,13H,4-5,8H2,1H3,(H,17,18)(H,19,20). The number of carboxylic acids is 1. The molecule has 1 aliphatic carbocycles. The van der Waals surface area contributed by atoms with Crippen LogP contribution in [0, 0.1) is 5.92 Å². The van der Waals surface area contributed by atoms with Gasteiger partial charge in [-0.3, -0.25) is 0 Å². The Labute approximate surface area is 117 Å². The van der Waals surface area contributed by atoms with Crippen molar-refractivity contribution >= 4 is 22.7 Å². The molecule has 1 aromatic carbocycles. The molecule has 2 atom stereocenters. The molecule has 2 N–H and O–H groups in total. The second-order valence-corrected chi connectivity index (χ2v) is 5.54. The summed E-state index contributed by atoms with van der Waals surface area (Å²) >= 11 is 0. The first kappa shape index (κ1) is 12.9. The van der Waals surface area contributed by atoms with Gasteiger partial charge in [-0.2, -0.15) is 0 Å². The molecule has 2 aromatic rings. The maximum Gasteiger partial charge on any atom is 0.339 e. The van der Waals surface area contributed by atoms with Crippen molar-refractivity contribution in [3.8, 4) is 0 Å². The average molecular weight is 270 g/mol. The summed E-state index contributed by atoms with van der Waals surface area (Å²) in [6, 6.07) is 9.62. The highest BCUT2D eigenvalue weighted by atomic mass is 16.4. The Hall–Kier alpha value is -2.10. The van der Waals surface area contributed by atoms with E-state index < -0.39 is 5.97 Å². The van der Waals surface area contributed by atoms with E-state index in [-0.39, 0.29) is 5.56 Å². The Morgan fingerprint density at radius 2 is 2.15 bits per heavy atom. The van der Waals surface area contributed by atoms with Crippen molar-refractivity contribution in [3.63, 3.8) is 0 Å². The number of pyridine rings is 1. The first-order valence-corrected chi connectivity index (χ1v) is 7.05. The van der Waals surface area contributed by atoms with E-state index in [2.05, 4.69) is 17.2 Å². The number of hydrogen-bond donors (Lipinski definition) is 2. The van der Waals surface area contributed by atoms with Gasteiger partial charge in [-0.05, 0) is 30.9 Å². The van der Waals surface area contributed by atoms with Crippen molar-refractivity contribution in [2.45, 2.75) is 32.2 Å². The number of aromatic nitrogens is 1. The average Bonchev–Trinajstić information content (AvgIpc) is 2.83. The zero-order valence-electron chi connectivity index (χ0n) is 11.5. The molecule has 0 aliphatic heterocycles. The molecule has 104 valence electrons. The van der Waals surface area contributed by atoms with Crippen LogP contribution in [-0.2, 0) is 0 Å². The van der Waals surface area contributed by atoms with E-state index in [0.717, 1.165) is 17.3 Å². The van der Waals surface area contributed by atoms with Gasteiger partial charge in [0.05, 0.1) is 5.52 Å². The lowest BCUT2D eigenvalue weighted by Gasteiger charge is -2.19. The monoisotopic (exact) mass is 270 g/mol. The zero-order chi connectivity index (χ0) is 14.1. The molecule has 2 unspecified atom stereocenters. The minimum absolute atomic E-state index is 0.253. The maximum absolute atomic E-state index is 11.4. The number of anilines is 1. The molecule has 0 spiro atoms. The van der Waals surface area contributed by atoms with Gasteiger partial charge in [0.1, 0.15) is 11.4 Å². The molecule has 20 heavy (non-hydrogen) atoms. The Kier molecular flexibility index (Phi) is 3.30. The second-order valence-electron chi connectivity index (χ2n) is 5.54. The molecule has 1 saturated carbocycles. The number of nitrogens with one attached hydrogen (secondary N) is 1. The maximum atomic E-state index is 11.4. The van der Waals surface area contributed by atoms with E-state index in [1.807, 2.05) is 24.3 Å². The predicted octanol–water partition coefficient (Wildman–Crippen LogP) is 3.53. The fourth-order valence-corrected chi connectivity index (χ4v) is 2.92. The van der Waals surface area contributed by atoms with Gasteiger partial charge in [-0.25, -0.2) is 9.78 Å². The van der Waals surface area contributed by atoms with Crippen LogP contribution in [0.1, 0.15) is 36.5 Å². The molecule has 4 nitrogen and oxygen atoms in total. The number of hydrogen-bond acceptors (Lipinski definition) is 3. The summed E-state index contributed by atoms with van der Waals surface area (Å²) < 4.78 is 0. The summed E-state index contributed by atoms with van der Waals surface area (Å²) in [7, 11) is 0. The van der Waals surface area contributed by atoms with Crippen molar-refractivity contribution in [1.29, 1.82) is 0 Å². The minimum atomic E-state index is -0.934. The largest absolute Gasteiger partial charge is 0.478 e. The normalized spacial score (nSPS) is 22.1. The number of carbonyl (C=O) groups is 1. The molecule has 0 bridgehead atoms. The van der Waals surface area contributed by atoms with Gasteiger partial charge < -0.3 is 10.4 Å². The summed E-state index contributed by atoms with van der Waals surface area (Å²) in [5, 5.41) is 13.6. The fraction of sp³-hybridized carbons (Fsp3) is 0.375. The first-order chi connectivity index (χ1) is 9.65. The number of benzene rings is 1. The molecule has 1 aromatic heterocycles. The van der Waals surface area contributed by atoms with Gasteiger partial charge in [0, 0.05) is 11.4 Å². The van der Waals surface area contributed by atoms with Crippen LogP contribution in [0.4, 0.5) is 5.82 Å². The number of para-hydroxylation sites is 1. The number of fused-ring (bicyclic) bond motifs is 1. The molecule has 0 amide bonds. The van der Waals surface area contributed by atoms with E-state index in [1.165, 1.54) is 12.8 Å². The van der Waals surface area contributed by atoms with Crippen LogP contribution in [0.25, 0.3) is 10.9 Å². The summed E-state index contributed by atoms with van der Waals surface area (Å²) in [6.07, 6.45) is 3.46. The van der Waals surface area contributed by atoms with Crippen LogP contribution in [-0.4, -0.2) is 22.1 Å². The van der Waals surface area contributed by atoms with Crippen molar-refractivity contribution in [1.82, 2.24) is 4.98 Å². The lowest BCUT2D eigenvalue weighted by Crippen LogP contribution is -2.24. The smallest absolute Gasteiger partial charge is 0.339 e. The molecule has 3 rings (SSSR count). The Morgan fingerprint density at radius 3 is 2.85 bits per heavy atom. The fourth-order valence-electron chi connectivity index (χ4n) is 2.92. The Morgan fingerprint density at radius 1 is 1.35 bits per heavy atom. The minimum Gasteiger partial charge on any atom is -0.478 e. The molecule has 0 saturated heterocycles. The molecular formula is C16H18N2O2. The van der Waals surface area contributed by atoms with Gasteiger partial charge in [0.25, 0.3) is 0 Å². The third-order valence-corrected chi connectivity index (χ3v) is 4.14. The molecule has 1 aliphatic rings. The van der Waals surface area contributed by atoms with E-state index in [1.54, 1.807) is 6.07 Å². The third-order valence-electron chi connectivity index (χ3n) is 4.14. The van der Waals surface area contributed by atoms with E-state index in [4.69, 9.17) is 0 Å². The number of rotatable bonds is 3. The summed E-state index contributed by atoms with van der Waals surface area (Å²) in [5.74, 6) is 0.122. The Balaban J connectivity index is 2.03. The van der Waals surface area contributed by atoms with Crippen LogP contribution < -0.4 is 5.32 Å². The lowest BCUT2D eigenvalue weighted by molar-refractivity contribution is 0.0697. The van der Waals surface area contributed by atoms with Crippen LogP contribution in [0.15, 0.2) is 30.3 Å². The SMILES string of the molecule is CC1CCCC1Nc1nc2ccccc2cc1C(=O)O. The van der Waals surface area contributed by atoms with Gasteiger partial charge in [-0.1, -0.05) is 31.5 Å². The highest BCUT2D eigenvalue weighted by Crippen LogP contribution is 2.29. The van der Waals surface area contributed by atoms with E-state index in [0.29, 0.717) is 17.8 Å². The van der Waals surface area contributed by atoms with Crippen LogP contribution >= 0.6 is 0 Å². The van der Waals surface area contributed by atoms with Gasteiger partial charge >= 0.3 is 5.97 Å². The molecule has 1 heterocycles. The summed E-state index contributed by atoms with van der Waals surface area (Å²) in [6.45, 7) is 2.20. The van der Waals surface area contributed by atoms with Crippen LogP contribution in [0.5, 0.6) is 0 Å². The summed E-state index contributed by atoms with van der Waals surface area (Å²) in [5.41, 5.74) is 1.08. The van der Waals surface area contributed by atoms with Crippen LogP contribution in [0.3, 0.4) is 0 Å². The molecule has 0 radical (unpaired) electrons.